The molecular formula is C27H32F2N7O2+. The van der Waals surface area contributed by atoms with Crippen LogP contribution in [-0.2, 0) is 9.59 Å². The first kappa shape index (κ1) is 24.7. The fraction of sp³-hybridized carbons (Fsp3) is 0.444. The molecular weight excluding hydrogens is 492 g/mol. The lowest BCUT2D eigenvalue weighted by Crippen LogP contribution is -2.87. The molecule has 1 aromatic carbocycles. The largest absolute Gasteiger partial charge is 0.352 e. The Hall–Kier alpha value is -3.57. The predicted octanol–water partition coefficient (Wildman–Crippen LogP) is 1.05. The number of benzene rings is 1. The molecule has 9 nitrogen and oxygen atoms in total. The first-order valence-electron chi connectivity index (χ1n) is 13.3. The van der Waals surface area contributed by atoms with E-state index in [4.69, 9.17) is 0 Å². The number of carbonyl (C=O) groups is 2. The van der Waals surface area contributed by atoms with Crippen LogP contribution in [-0.4, -0.2) is 70.0 Å². The number of nitrogens with two attached hydrogens (primary N) is 1. The van der Waals surface area contributed by atoms with Crippen molar-refractivity contribution in [3.63, 3.8) is 0 Å². The number of amides is 2. The number of hydrogen-bond acceptors (Lipinski definition) is 6. The van der Waals surface area contributed by atoms with Crippen molar-refractivity contribution in [3.05, 3.63) is 77.3 Å². The summed E-state index contributed by atoms with van der Waals surface area (Å²) in [4.78, 5) is 34.5. The van der Waals surface area contributed by atoms with E-state index in [1.165, 1.54) is 4.90 Å². The normalized spacial score (nSPS) is 23.7. The van der Waals surface area contributed by atoms with Gasteiger partial charge in [-0.05, 0) is 36.8 Å². The van der Waals surface area contributed by atoms with E-state index in [0.717, 1.165) is 43.7 Å². The number of hydrogen-bond donors (Lipinski definition) is 3. The molecule has 2 aromatic rings. The van der Waals surface area contributed by atoms with Crippen molar-refractivity contribution >= 4 is 11.8 Å². The highest BCUT2D eigenvalue weighted by Crippen LogP contribution is 2.41. The molecule has 1 aliphatic carbocycles. The summed E-state index contributed by atoms with van der Waals surface area (Å²) in [5.74, 6) is -0.245. The topological polar surface area (TPSA) is 97.4 Å². The maximum Gasteiger partial charge on any atom is 0.244 e. The third kappa shape index (κ3) is 4.95. The van der Waals surface area contributed by atoms with Crippen LogP contribution in [0.2, 0.25) is 0 Å². The number of hydrazine groups is 1. The number of quaternary nitrogens is 1. The Morgan fingerprint density at radius 2 is 1.95 bits per heavy atom. The molecule has 2 amide bonds. The molecule has 0 radical (unpaired) electrons. The van der Waals surface area contributed by atoms with E-state index >= 15 is 0 Å². The summed E-state index contributed by atoms with van der Waals surface area (Å²) in [6, 6.07) is 10.9. The number of nitrogens with zero attached hydrogens (tertiary/aromatic N) is 4. The highest BCUT2D eigenvalue weighted by atomic mass is 19.1. The van der Waals surface area contributed by atoms with Crippen LogP contribution in [0, 0.1) is 5.95 Å². The lowest BCUT2D eigenvalue weighted by molar-refractivity contribution is -0.660. The zero-order valence-electron chi connectivity index (χ0n) is 21.0. The Morgan fingerprint density at radius 1 is 1.16 bits per heavy atom. The van der Waals surface area contributed by atoms with Crippen LogP contribution < -0.4 is 16.3 Å². The second-order valence-electron chi connectivity index (χ2n) is 10.4. The fourth-order valence-corrected chi connectivity index (χ4v) is 5.37. The number of pyridine rings is 1. The van der Waals surface area contributed by atoms with Gasteiger partial charge >= 0.3 is 0 Å². The zero-order valence-corrected chi connectivity index (χ0v) is 21.0. The van der Waals surface area contributed by atoms with Gasteiger partial charge in [0.15, 0.2) is 12.0 Å². The molecule has 11 heteroatoms. The Bertz CT molecular complexity index is 1240. The van der Waals surface area contributed by atoms with Crippen LogP contribution in [0.25, 0.3) is 0 Å². The second kappa shape index (κ2) is 10.3. The lowest BCUT2D eigenvalue weighted by atomic mass is 10.0. The average Bonchev–Trinajstić information content (AvgIpc) is 3.51. The lowest BCUT2D eigenvalue weighted by Gasteiger charge is -2.36. The van der Waals surface area contributed by atoms with Crippen molar-refractivity contribution < 1.29 is 23.8 Å². The third-order valence-electron chi connectivity index (χ3n) is 7.72. The third-order valence-corrected chi connectivity index (χ3v) is 7.72. The number of aromatic nitrogens is 1. The highest BCUT2D eigenvalue weighted by molar-refractivity contribution is 5.89. The van der Waals surface area contributed by atoms with E-state index in [-0.39, 0.29) is 31.3 Å². The van der Waals surface area contributed by atoms with Crippen molar-refractivity contribution in [1.82, 2.24) is 30.6 Å². The van der Waals surface area contributed by atoms with E-state index in [9.17, 15) is 18.4 Å². The number of halogens is 2. The van der Waals surface area contributed by atoms with Crippen LogP contribution >= 0.6 is 0 Å². The quantitative estimate of drug-likeness (QED) is 0.353. The minimum absolute atomic E-state index is 0.0210. The summed E-state index contributed by atoms with van der Waals surface area (Å²) in [7, 11) is 0. The summed E-state index contributed by atoms with van der Waals surface area (Å²) < 4.78 is 29.4. The number of carbonyl (C=O) groups excluding carboxylic acids is 2. The first-order valence-corrected chi connectivity index (χ1v) is 13.3. The summed E-state index contributed by atoms with van der Waals surface area (Å²) in [6.45, 7) is 1.68. The zero-order chi connectivity index (χ0) is 26.2. The van der Waals surface area contributed by atoms with Gasteiger partial charge in [-0.25, -0.2) is 19.8 Å². The van der Waals surface area contributed by atoms with Crippen molar-refractivity contribution in [2.75, 3.05) is 26.2 Å². The van der Waals surface area contributed by atoms with Gasteiger partial charge in [-0.15, -0.1) is 0 Å². The summed E-state index contributed by atoms with van der Waals surface area (Å²) in [5, 5.41) is 4.67. The second-order valence-corrected chi connectivity index (χ2v) is 10.4. The van der Waals surface area contributed by atoms with Crippen LogP contribution in [0.1, 0.15) is 54.5 Å². The van der Waals surface area contributed by atoms with E-state index in [1.54, 1.807) is 22.6 Å². The molecule has 4 heterocycles. The summed E-state index contributed by atoms with van der Waals surface area (Å²) >= 11 is 0. The molecule has 0 bridgehead atoms. The van der Waals surface area contributed by atoms with Gasteiger partial charge in [-0.2, -0.15) is 4.39 Å². The van der Waals surface area contributed by atoms with Crippen molar-refractivity contribution in [1.29, 1.82) is 0 Å². The standard InChI is InChI=1S/C27H31F2N7O2/c28-19-13-22(35(15-19)24(37)16-36-23(14-30-33-36)34-11-4-12-34)27(38)32-25(18-5-2-1-3-6-18)21-10-9-20(17-7-8-17)26(29)31-21/h1-3,5-6,9-10,14,17,19,22,25,30,33H,4,7-8,11-13,15-16H2,(H,32,38)/p+1/t19-,22+,25+/m1/s1. The summed E-state index contributed by atoms with van der Waals surface area (Å²) in [5.41, 5.74) is 6.49. The monoisotopic (exact) mass is 524 g/mol. The van der Waals surface area contributed by atoms with Gasteiger partial charge in [-0.1, -0.05) is 41.9 Å². The summed E-state index contributed by atoms with van der Waals surface area (Å²) in [6.07, 6.45) is 3.52. The number of nitrogens with one attached hydrogen (secondary N) is 2. The number of likely N-dealkylation sites (tertiary alicyclic amines) is 2. The maximum atomic E-state index is 14.8. The molecule has 1 aromatic heterocycles. The molecule has 2 saturated heterocycles. The minimum atomic E-state index is -1.30. The van der Waals surface area contributed by atoms with Gasteiger partial charge in [0.25, 0.3) is 0 Å². The smallest absolute Gasteiger partial charge is 0.244 e. The van der Waals surface area contributed by atoms with Crippen molar-refractivity contribution in [3.8, 4) is 0 Å². The molecule has 4 N–H and O–H groups in total. The van der Waals surface area contributed by atoms with Gasteiger partial charge in [0.1, 0.15) is 18.8 Å². The molecule has 6 rings (SSSR count). The minimum Gasteiger partial charge on any atom is -0.352 e. The van der Waals surface area contributed by atoms with E-state index in [0.29, 0.717) is 11.3 Å². The fourth-order valence-electron chi connectivity index (χ4n) is 5.37. The van der Waals surface area contributed by atoms with E-state index in [2.05, 4.69) is 20.7 Å². The molecule has 3 aliphatic heterocycles. The van der Waals surface area contributed by atoms with Crippen molar-refractivity contribution in [2.45, 2.75) is 49.9 Å². The SMILES string of the molecule is O=C(N[C@@H](c1ccccc1)c1ccc(C2CC2)c(F)n1)[C@@H]1C[C@@H](F)CN1C(=O)CN1N[NH2+]C=C1N1CCC1. The Labute approximate surface area is 219 Å². The first-order chi connectivity index (χ1) is 18.5. The maximum absolute atomic E-state index is 14.8. The molecule has 38 heavy (non-hydrogen) atoms. The average molecular weight is 525 g/mol. The highest BCUT2D eigenvalue weighted by Gasteiger charge is 2.42. The van der Waals surface area contributed by atoms with Gasteiger partial charge in [0.05, 0.1) is 18.3 Å². The van der Waals surface area contributed by atoms with Crippen LogP contribution in [0.5, 0.6) is 0 Å². The van der Waals surface area contributed by atoms with Gasteiger partial charge in [-0.3, -0.25) is 9.59 Å². The predicted molar refractivity (Wildman–Crippen MR) is 134 cm³/mol. The molecule has 3 atom stereocenters. The van der Waals surface area contributed by atoms with Gasteiger partial charge in [0, 0.05) is 25.1 Å². The van der Waals surface area contributed by atoms with Crippen molar-refractivity contribution in [2.24, 2.45) is 0 Å². The Morgan fingerprint density at radius 3 is 2.63 bits per heavy atom. The van der Waals surface area contributed by atoms with Crippen LogP contribution in [0.3, 0.4) is 0 Å². The Kier molecular flexibility index (Phi) is 6.71. The van der Waals surface area contributed by atoms with E-state index < -0.39 is 30.1 Å². The van der Waals surface area contributed by atoms with Gasteiger partial charge in [0.2, 0.25) is 17.8 Å². The number of alkyl halides is 1. The van der Waals surface area contributed by atoms with Crippen LogP contribution in [0.4, 0.5) is 8.78 Å². The molecule has 0 spiro atoms. The molecule has 0 unspecified atom stereocenters. The Balaban J connectivity index is 1.19. The molecule has 1 saturated carbocycles. The molecule has 3 fully saturated rings. The van der Waals surface area contributed by atoms with Crippen LogP contribution in [0.15, 0.2) is 54.5 Å². The van der Waals surface area contributed by atoms with E-state index in [1.807, 2.05) is 36.5 Å². The molecule has 4 aliphatic rings. The number of rotatable bonds is 8. The molecule has 200 valence electrons. The van der Waals surface area contributed by atoms with Gasteiger partial charge < -0.3 is 15.1 Å².